The second-order valence-corrected chi connectivity index (χ2v) is 3.89. The molecule has 0 aliphatic rings. The van der Waals surface area contributed by atoms with Gasteiger partial charge in [0.25, 0.3) is 0 Å². The van der Waals surface area contributed by atoms with Crippen molar-refractivity contribution in [1.82, 2.24) is 9.88 Å². The molecule has 1 heterocycles. The average Bonchev–Trinajstić information content (AvgIpc) is 2.39. The van der Waals surface area contributed by atoms with Crippen LogP contribution in [0.25, 0.3) is 0 Å². The zero-order valence-corrected chi connectivity index (χ0v) is 10.2. The van der Waals surface area contributed by atoms with Crippen LogP contribution in [0.2, 0.25) is 0 Å². The van der Waals surface area contributed by atoms with Gasteiger partial charge in [0, 0.05) is 31.9 Å². The Morgan fingerprint density at radius 2 is 2.35 bits per heavy atom. The molecule has 0 aliphatic carbocycles. The molecule has 17 heavy (non-hydrogen) atoms. The first-order valence-electron chi connectivity index (χ1n) is 5.84. The van der Waals surface area contributed by atoms with E-state index in [1.165, 1.54) is 5.56 Å². The first-order valence-corrected chi connectivity index (χ1v) is 5.84. The van der Waals surface area contributed by atoms with Gasteiger partial charge in [0.05, 0.1) is 0 Å². The molecule has 0 bridgehead atoms. The quantitative estimate of drug-likeness (QED) is 0.321. The first kappa shape index (κ1) is 13.4. The van der Waals surface area contributed by atoms with Gasteiger partial charge in [-0.2, -0.15) is 0 Å². The van der Waals surface area contributed by atoms with E-state index in [4.69, 9.17) is 10.9 Å². The summed E-state index contributed by atoms with van der Waals surface area (Å²) in [5.74, 6) is 0.282. The summed E-state index contributed by atoms with van der Waals surface area (Å²) >= 11 is 0. The summed E-state index contributed by atoms with van der Waals surface area (Å²) in [7, 11) is 0. The number of amidine groups is 1. The van der Waals surface area contributed by atoms with Gasteiger partial charge < -0.3 is 15.8 Å². The SMILES string of the molecule is CCN(CCC(N)=NO)CCc1cccnc1. The van der Waals surface area contributed by atoms with Crippen LogP contribution in [0, 0.1) is 0 Å². The molecule has 5 heteroatoms. The summed E-state index contributed by atoms with van der Waals surface area (Å²) in [5, 5.41) is 11.4. The lowest BCUT2D eigenvalue weighted by atomic mass is 10.2. The van der Waals surface area contributed by atoms with Crippen LogP contribution in [0.1, 0.15) is 18.9 Å². The molecule has 0 radical (unpaired) electrons. The highest BCUT2D eigenvalue weighted by Crippen LogP contribution is 2.00. The Bertz CT molecular complexity index is 340. The van der Waals surface area contributed by atoms with Gasteiger partial charge in [-0.25, -0.2) is 0 Å². The minimum absolute atomic E-state index is 0.282. The molecule has 0 fully saturated rings. The van der Waals surface area contributed by atoms with E-state index in [2.05, 4.69) is 28.0 Å². The first-order chi connectivity index (χ1) is 8.26. The number of pyridine rings is 1. The average molecular weight is 236 g/mol. The molecule has 0 spiro atoms. The van der Waals surface area contributed by atoms with Crippen LogP contribution < -0.4 is 5.73 Å². The van der Waals surface area contributed by atoms with Gasteiger partial charge in [-0.15, -0.1) is 0 Å². The van der Waals surface area contributed by atoms with Crippen LogP contribution in [0.15, 0.2) is 29.7 Å². The molecule has 94 valence electrons. The number of nitrogens with zero attached hydrogens (tertiary/aromatic N) is 3. The molecular weight excluding hydrogens is 216 g/mol. The number of hydrogen-bond donors (Lipinski definition) is 2. The number of oxime groups is 1. The third kappa shape index (κ3) is 5.31. The van der Waals surface area contributed by atoms with E-state index < -0.39 is 0 Å². The molecule has 0 aliphatic heterocycles. The maximum Gasteiger partial charge on any atom is 0.140 e. The molecule has 0 aromatic carbocycles. The fraction of sp³-hybridized carbons (Fsp3) is 0.500. The summed E-state index contributed by atoms with van der Waals surface area (Å²) in [4.78, 5) is 6.35. The number of hydrogen-bond acceptors (Lipinski definition) is 4. The third-order valence-electron chi connectivity index (χ3n) is 2.70. The van der Waals surface area contributed by atoms with Crippen molar-refractivity contribution >= 4 is 5.84 Å². The lowest BCUT2D eigenvalue weighted by Gasteiger charge is -2.19. The Morgan fingerprint density at radius 3 is 2.94 bits per heavy atom. The summed E-state index contributed by atoms with van der Waals surface area (Å²) in [6, 6.07) is 4.02. The van der Waals surface area contributed by atoms with Crippen LogP contribution in [-0.2, 0) is 6.42 Å². The lowest BCUT2D eigenvalue weighted by Crippen LogP contribution is -2.30. The number of likely N-dealkylation sites (N-methyl/N-ethyl adjacent to an activating group) is 1. The van der Waals surface area contributed by atoms with Crippen molar-refractivity contribution in [1.29, 1.82) is 0 Å². The predicted octanol–water partition coefficient (Wildman–Crippen LogP) is 1.08. The van der Waals surface area contributed by atoms with E-state index in [0.29, 0.717) is 6.42 Å². The van der Waals surface area contributed by atoms with Crippen molar-refractivity contribution < 1.29 is 5.21 Å². The zero-order valence-electron chi connectivity index (χ0n) is 10.2. The maximum absolute atomic E-state index is 8.46. The van der Waals surface area contributed by atoms with Crippen LogP contribution >= 0.6 is 0 Å². The Kier molecular flexibility index (Phi) is 6.03. The van der Waals surface area contributed by atoms with Crippen molar-refractivity contribution in [2.75, 3.05) is 19.6 Å². The summed E-state index contributed by atoms with van der Waals surface area (Å²) in [6.45, 7) is 4.84. The number of rotatable bonds is 7. The van der Waals surface area contributed by atoms with E-state index in [9.17, 15) is 0 Å². The van der Waals surface area contributed by atoms with E-state index in [-0.39, 0.29) is 5.84 Å². The van der Waals surface area contributed by atoms with Crippen LogP contribution in [0.4, 0.5) is 0 Å². The second kappa shape index (κ2) is 7.62. The van der Waals surface area contributed by atoms with Crippen molar-refractivity contribution in [2.45, 2.75) is 19.8 Å². The van der Waals surface area contributed by atoms with Gasteiger partial charge in [0.15, 0.2) is 0 Å². The highest BCUT2D eigenvalue weighted by molar-refractivity contribution is 5.79. The largest absolute Gasteiger partial charge is 0.409 e. The fourth-order valence-corrected chi connectivity index (χ4v) is 1.58. The van der Waals surface area contributed by atoms with Crippen LogP contribution in [-0.4, -0.2) is 40.6 Å². The van der Waals surface area contributed by atoms with Gasteiger partial charge >= 0.3 is 0 Å². The molecule has 1 aromatic heterocycles. The van der Waals surface area contributed by atoms with Crippen molar-refractivity contribution in [2.24, 2.45) is 10.9 Å². The molecular formula is C12H20N4O. The molecule has 0 saturated carbocycles. The van der Waals surface area contributed by atoms with E-state index >= 15 is 0 Å². The second-order valence-electron chi connectivity index (χ2n) is 3.89. The predicted molar refractivity (Wildman–Crippen MR) is 68.1 cm³/mol. The maximum atomic E-state index is 8.46. The topological polar surface area (TPSA) is 74.7 Å². The molecule has 0 saturated heterocycles. The molecule has 5 nitrogen and oxygen atoms in total. The minimum Gasteiger partial charge on any atom is -0.409 e. The zero-order chi connectivity index (χ0) is 12.5. The third-order valence-corrected chi connectivity index (χ3v) is 2.70. The van der Waals surface area contributed by atoms with E-state index in [1.807, 2.05) is 12.3 Å². The fourth-order valence-electron chi connectivity index (χ4n) is 1.58. The molecule has 0 atom stereocenters. The normalized spacial score (nSPS) is 12.0. The van der Waals surface area contributed by atoms with Crippen LogP contribution in [0.5, 0.6) is 0 Å². The van der Waals surface area contributed by atoms with Gasteiger partial charge in [-0.05, 0) is 24.6 Å². The van der Waals surface area contributed by atoms with Crippen molar-refractivity contribution in [3.05, 3.63) is 30.1 Å². The Labute approximate surface area is 102 Å². The molecule has 1 aromatic rings. The highest BCUT2D eigenvalue weighted by atomic mass is 16.4. The molecule has 0 amide bonds. The lowest BCUT2D eigenvalue weighted by molar-refractivity contribution is 0.292. The highest BCUT2D eigenvalue weighted by Gasteiger charge is 2.04. The summed E-state index contributed by atoms with van der Waals surface area (Å²) < 4.78 is 0. The van der Waals surface area contributed by atoms with Crippen molar-refractivity contribution in [3.8, 4) is 0 Å². The minimum atomic E-state index is 0.282. The Morgan fingerprint density at radius 1 is 1.53 bits per heavy atom. The number of aromatic nitrogens is 1. The summed E-state index contributed by atoms with van der Waals surface area (Å²) in [5.41, 5.74) is 6.68. The Hall–Kier alpha value is -1.62. The van der Waals surface area contributed by atoms with Gasteiger partial charge in [-0.3, -0.25) is 4.98 Å². The monoisotopic (exact) mass is 236 g/mol. The van der Waals surface area contributed by atoms with Gasteiger partial charge in [-0.1, -0.05) is 18.1 Å². The molecule has 3 N–H and O–H groups in total. The van der Waals surface area contributed by atoms with Gasteiger partial charge in [0.1, 0.15) is 5.84 Å². The molecule has 1 rings (SSSR count). The molecule has 0 unspecified atom stereocenters. The van der Waals surface area contributed by atoms with Crippen LogP contribution in [0.3, 0.4) is 0 Å². The Balaban J connectivity index is 2.32. The van der Waals surface area contributed by atoms with Crippen molar-refractivity contribution in [3.63, 3.8) is 0 Å². The van der Waals surface area contributed by atoms with E-state index in [0.717, 1.165) is 26.1 Å². The summed E-state index contributed by atoms with van der Waals surface area (Å²) in [6.07, 6.45) is 5.23. The smallest absolute Gasteiger partial charge is 0.140 e. The standard InChI is InChI=1S/C12H20N4O/c1-2-16(9-6-12(13)15-17)8-5-11-4-3-7-14-10-11/h3-4,7,10,17H,2,5-6,8-9H2,1H3,(H2,13,15). The van der Waals surface area contributed by atoms with Gasteiger partial charge in [0.2, 0.25) is 0 Å². The number of nitrogens with two attached hydrogens (primary N) is 1. The van der Waals surface area contributed by atoms with E-state index in [1.54, 1.807) is 6.20 Å².